The molecule has 0 amide bonds. The molecule has 1 aliphatic carbocycles. The Kier molecular flexibility index (Phi) is 3.50. The van der Waals surface area contributed by atoms with Gasteiger partial charge in [-0.25, -0.2) is 0 Å². The molecule has 26 heavy (non-hydrogen) atoms. The van der Waals surface area contributed by atoms with E-state index >= 15 is 0 Å². The summed E-state index contributed by atoms with van der Waals surface area (Å²) in [6, 6.07) is 7.00. The van der Waals surface area contributed by atoms with Crippen molar-refractivity contribution in [2.24, 2.45) is 7.05 Å². The summed E-state index contributed by atoms with van der Waals surface area (Å²) in [5.41, 5.74) is 1.98. The van der Waals surface area contributed by atoms with Gasteiger partial charge in [0.05, 0.1) is 26.7 Å². The van der Waals surface area contributed by atoms with E-state index in [1.807, 2.05) is 19.3 Å². The highest BCUT2D eigenvalue weighted by Gasteiger charge is 2.37. The van der Waals surface area contributed by atoms with Crippen LogP contribution < -0.4 is 18.8 Å². The molecule has 0 fully saturated rings. The Morgan fingerprint density at radius 2 is 1.69 bits per heavy atom. The van der Waals surface area contributed by atoms with Crippen molar-refractivity contribution in [1.29, 1.82) is 0 Å². The fraction of sp³-hybridized carbons (Fsp3) is 0.200. The van der Waals surface area contributed by atoms with Crippen LogP contribution in [0.2, 0.25) is 0 Å². The highest BCUT2D eigenvalue weighted by molar-refractivity contribution is 6.26. The zero-order chi connectivity index (χ0) is 18.6. The first-order chi connectivity index (χ1) is 12.5. The van der Waals surface area contributed by atoms with E-state index in [9.17, 15) is 9.90 Å². The van der Waals surface area contributed by atoms with E-state index in [0.29, 0.717) is 45.0 Å². The molecule has 6 heteroatoms. The van der Waals surface area contributed by atoms with E-state index in [2.05, 4.69) is 0 Å². The molecule has 6 nitrogen and oxygen atoms in total. The molecule has 0 unspecified atom stereocenters. The van der Waals surface area contributed by atoms with Gasteiger partial charge >= 0.3 is 0 Å². The van der Waals surface area contributed by atoms with Crippen molar-refractivity contribution in [2.45, 2.75) is 0 Å². The lowest BCUT2D eigenvalue weighted by Crippen LogP contribution is -2.37. The van der Waals surface area contributed by atoms with Crippen molar-refractivity contribution in [2.75, 3.05) is 21.3 Å². The van der Waals surface area contributed by atoms with Crippen LogP contribution in [0.25, 0.3) is 21.9 Å². The fourth-order valence-corrected chi connectivity index (χ4v) is 3.66. The number of carbonyl (C=O) groups excluding carboxylic acids is 1. The van der Waals surface area contributed by atoms with Gasteiger partial charge in [0.25, 0.3) is 11.5 Å². The lowest BCUT2D eigenvalue weighted by atomic mass is 9.83. The van der Waals surface area contributed by atoms with Gasteiger partial charge < -0.3 is 19.3 Å². The number of ketones is 1. The number of aryl methyl sites for hydroxylation is 1. The topological polar surface area (TPSA) is 68.9 Å². The number of ether oxygens (including phenoxy) is 3. The second kappa shape index (κ2) is 5.62. The third-order valence-electron chi connectivity index (χ3n) is 4.84. The second-order valence-corrected chi connectivity index (χ2v) is 6.09. The molecule has 0 bridgehead atoms. The number of pyridine rings is 1. The van der Waals surface area contributed by atoms with Crippen LogP contribution >= 0.6 is 0 Å². The number of phenolic OH excluding ortho intramolecular Hbond substituents is 1. The Labute approximate surface area is 150 Å². The van der Waals surface area contributed by atoms with Crippen molar-refractivity contribution < 1.29 is 28.7 Å². The number of hydrogen-bond donors (Lipinski definition) is 1. The Morgan fingerprint density at radius 3 is 2.35 bits per heavy atom. The Balaban J connectivity index is 2.29. The van der Waals surface area contributed by atoms with E-state index in [-0.39, 0.29) is 11.5 Å². The summed E-state index contributed by atoms with van der Waals surface area (Å²) in [4.78, 5) is 13.2. The maximum absolute atomic E-state index is 13.2. The molecule has 0 saturated heterocycles. The first kappa shape index (κ1) is 16.2. The highest BCUT2D eigenvalue weighted by Crippen LogP contribution is 2.52. The predicted octanol–water partition coefficient (Wildman–Crippen LogP) is 2.61. The third kappa shape index (κ3) is 1.92. The van der Waals surface area contributed by atoms with Crippen molar-refractivity contribution in [3.8, 4) is 34.1 Å². The van der Waals surface area contributed by atoms with Crippen molar-refractivity contribution >= 4 is 16.6 Å². The number of phenols is 1. The number of benzene rings is 2. The van der Waals surface area contributed by atoms with E-state index < -0.39 is 0 Å². The molecule has 0 aliphatic heterocycles. The van der Waals surface area contributed by atoms with Gasteiger partial charge in [-0.2, -0.15) is 4.57 Å². The minimum Gasteiger partial charge on any atom is -0.504 e. The van der Waals surface area contributed by atoms with Crippen LogP contribution in [0.1, 0.15) is 16.1 Å². The Hall–Kier alpha value is -3.28. The highest BCUT2D eigenvalue weighted by atomic mass is 16.5. The lowest BCUT2D eigenvalue weighted by Gasteiger charge is -2.23. The largest absolute Gasteiger partial charge is 0.504 e. The van der Waals surface area contributed by atoms with Gasteiger partial charge in [0.15, 0.2) is 29.2 Å². The van der Waals surface area contributed by atoms with Gasteiger partial charge in [-0.15, -0.1) is 0 Å². The first-order valence-corrected chi connectivity index (χ1v) is 8.05. The molecule has 1 aromatic heterocycles. The summed E-state index contributed by atoms with van der Waals surface area (Å²) in [6.45, 7) is 0. The number of hydrogen-bond acceptors (Lipinski definition) is 5. The third-order valence-corrected chi connectivity index (χ3v) is 4.84. The van der Waals surface area contributed by atoms with Gasteiger partial charge in [0.2, 0.25) is 0 Å². The van der Waals surface area contributed by atoms with Crippen LogP contribution in [0.15, 0.2) is 30.5 Å². The molecule has 3 aromatic rings. The van der Waals surface area contributed by atoms with Crippen LogP contribution in [0.5, 0.6) is 23.0 Å². The molecule has 1 aliphatic rings. The molecule has 2 aromatic carbocycles. The quantitative estimate of drug-likeness (QED) is 0.574. The maximum Gasteiger partial charge on any atom is 0.262 e. The number of fused-ring (bicyclic) bond motifs is 2. The standard InChI is InChI=1S/C20H17NO5/c1-21-8-7-10-9-13(25-3)19(23)16-14(10)17(21)18(22)11-5-6-12(24-2)20(26-4)15(11)16/h5-9H,1-4H3/p+1. The summed E-state index contributed by atoms with van der Waals surface area (Å²) in [5.74, 6) is 1.05. The molecule has 4 rings (SSSR count). The SMILES string of the molecule is COc1cc2cc[n+](C)c3c2c(c1O)-c1c(ccc(OC)c1OC)C3=O. The van der Waals surface area contributed by atoms with Crippen molar-refractivity contribution in [3.05, 3.63) is 41.7 Å². The smallest absolute Gasteiger partial charge is 0.262 e. The molecule has 1 N–H and O–H groups in total. The van der Waals surface area contributed by atoms with Crippen LogP contribution in [-0.4, -0.2) is 32.2 Å². The molecular formula is C20H18NO5+. The van der Waals surface area contributed by atoms with E-state index in [0.717, 1.165) is 5.39 Å². The predicted molar refractivity (Wildman–Crippen MR) is 95.3 cm³/mol. The number of carbonyl (C=O) groups is 1. The van der Waals surface area contributed by atoms with Gasteiger partial charge in [0.1, 0.15) is 7.05 Å². The molecule has 1 heterocycles. The average molecular weight is 352 g/mol. The summed E-state index contributed by atoms with van der Waals surface area (Å²) < 4.78 is 18.1. The van der Waals surface area contributed by atoms with Crippen molar-refractivity contribution in [1.82, 2.24) is 0 Å². The summed E-state index contributed by atoms with van der Waals surface area (Å²) in [6.07, 6.45) is 1.82. The average Bonchev–Trinajstić information content (AvgIpc) is 2.66. The summed E-state index contributed by atoms with van der Waals surface area (Å²) in [5, 5.41) is 12.4. The molecule has 0 radical (unpaired) electrons. The molecule has 0 atom stereocenters. The molecule has 132 valence electrons. The van der Waals surface area contributed by atoms with Crippen molar-refractivity contribution in [3.63, 3.8) is 0 Å². The van der Waals surface area contributed by atoms with E-state index in [1.165, 1.54) is 21.3 Å². The van der Waals surface area contributed by atoms with Crippen LogP contribution in [0.4, 0.5) is 0 Å². The van der Waals surface area contributed by atoms with E-state index in [4.69, 9.17) is 14.2 Å². The van der Waals surface area contributed by atoms with Crippen LogP contribution in [0, 0.1) is 0 Å². The number of aromatic hydroxyl groups is 1. The number of methoxy groups -OCH3 is 3. The second-order valence-electron chi connectivity index (χ2n) is 6.09. The number of aromatic nitrogens is 1. The first-order valence-electron chi connectivity index (χ1n) is 8.05. The zero-order valence-electron chi connectivity index (χ0n) is 14.9. The monoisotopic (exact) mass is 352 g/mol. The maximum atomic E-state index is 13.2. The number of rotatable bonds is 3. The summed E-state index contributed by atoms with van der Waals surface area (Å²) in [7, 11) is 6.35. The normalized spacial score (nSPS) is 12.1. The Bertz CT molecular complexity index is 1090. The number of nitrogens with zero attached hydrogens (tertiary/aromatic N) is 1. The lowest BCUT2D eigenvalue weighted by molar-refractivity contribution is -0.671. The van der Waals surface area contributed by atoms with Gasteiger partial charge in [-0.05, 0) is 23.6 Å². The van der Waals surface area contributed by atoms with Gasteiger partial charge in [-0.3, -0.25) is 4.79 Å². The van der Waals surface area contributed by atoms with Crippen LogP contribution in [0.3, 0.4) is 0 Å². The minimum absolute atomic E-state index is 0.0345. The van der Waals surface area contributed by atoms with Crippen LogP contribution in [-0.2, 0) is 7.05 Å². The molecule has 0 saturated carbocycles. The van der Waals surface area contributed by atoms with E-state index in [1.54, 1.807) is 22.8 Å². The Morgan fingerprint density at radius 1 is 0.962 bits per heavy atom. The molecule has 0 spiro atoms. The van der Waals surface area contributed by atoms with Gasteiger partial charge in [0, 0.05) is 22.8 Å². The molecular weight excluding hydrogens is 334 g/mol. The minimum atomic E-state index is -0.133. The fourth-order valence-electron chi connectivity index (χ4n) is 3.66. The summed E-state index contributed by atoms with van der Waals surface area (Å²) >= 11 is 0. The zero-order valence-corrected chi connectivity index (χ0v) is 14.9. The van der Waals surface area contributed by atoms with Gasteiger partial charge in [-0.1, -0.05) is 0 Å².